The van der Waals surface area contributed by atoms with Crippen LogP contribution in [0.15, 0.2) is 177 Å². The Morgan fingerprint density at radius 2 is 0.565 bits per heavy atom. The van der Waals surface area contributed by atoms with Crippen LogP contribution in [-0.2, 0) is 13.1 Å². The third-order valence-electron chi connectivity index (χ3n) is 10.7. The summed E-state index contributed by atoms with van der Waals surface area (Å²) in [5.41, 5.74) is 7.33. The van der Waals surface area contributed by atoms with Crippen molar-refractivity contribution in [2.24, 2.45) is 30.7 Å². The summed E-state index contributed by atoms with van der Waals surface area (Å²) in [6, 6.07) is 34.1. The van der Waals surface area contributed by atoms with Crippen molar-refractivity contribution >= 4 is 51.2 Å². The molecule has 6 aromatic rings. The summed E-state index contributed by atoms with van der Waals surface area (Å²) >= 11 is 0. The Morgan fingerprint density at radius 3 is 0.826 bits per heavy atom. The lowest BCUT2D eigenvalue weighted by molar-refractivity contribution is -0.698. The first kappa shape index (κ1) is 53.0. The highest BCUT2D eigenvalue weighted by Gasteiger charge is 2.09. The number of azo groups is 3. The van der Waals surface area contributed by atoms with E-state index in [1.54, 1.807) is 24.5 Å². The van der Waals surface area contributed by atoms with Crippen LogP contribution >= 0.6 is 0 Å². The van der Waals surface area contributed by atoms with Crippen LogP contribution in [0.2, 0.25) is 0 Å². The second-order valence-corrected chi connectivity index (χ2v) is 15.7. The lowest BCUT2D eigenvalue weighted by Crippen LogP contribution is -2.33. The van der Waals surface area contributed by atoms with Gasteiger partial charge < -0.3 is 45.3 Å². The highest BCUT2D eigenvalue weighted by atomic mass is 16.3. The molecule has 0 spiro atoms. The molecule has 0 radical (unpaired) electrons. The van der Waals surface area contributed by atoms with E-state index in [0.717, 1.165) is 90.0 Å². The lowest BCUT2D eigenvalue weighted by atomic mass is 10.2. The predicted octanol–water partition coefficient (Wildman–Crippen LogP) is 7.22. The van der Waals surface area contributed by atoms with Crippen LogP contribution in [0, 0.1) is 0 Å². The molecule has 3 aromatic heterocycles. The third-order valence-corrected chi connectivity index (χ3v) is 10.7. The number of aromatic nitrogens is 3. The Balaban J connectivity index is 0.000000351. The molecule has 3 heterocycles. The molecule has 69 heavy (non-hydrogen) atoms. The maximum absolute atomic E-state index is 9.23. The number of aliphatic hydroxyl groups is 6. The Labute approximate surface area is 404 Å². The minimum absolute atomic E-state index is 0.0282. The number of benzene rings is 3. The van der Waals surface area contributed by atoms with Crippen LogP contribution in [0.4, 0.5) is 51.2 Å². The van der Waals surface area contributed by atoms with E-state index in [1.165, 1.54) is 0 Å². The summed E-state index contributed by atoms with van der Waals surface area (Å²) in [6.45, 7) is 4.95. The SMILES string of the molecule is OCCN(CCO)c1ccc(N=Nc2cc[n+](CCCCCC[n+]3ccc(N=Nc4ccc(N(CCO)CCO)cc4)cc3)cc2)cc1.OCCN(CCO)c1ccc(N=Nc2ccncc2)cc1. The molecular weight excluding hydrogens is 877 g/mol. The Bertz CT molecular complexity index is 2240. The molecule has 0 bridgehead atoms. The number of hydrogen-bond acceptors (Lipinski definition) is 16. The van der Waals surface area contributed by atoms with E-state index >= 15 is 0 Å². The fourth-order valence-electron chi connectivity index (χ4n) is 7.05. The number of unbranched alkanes of at least 4 members (excludes halogenated alkanes) is 3. The van der Waals surface area contributed by atoms with E-state index in [9.17, 15) is 20.4 Å². The molecule has 0 fully saturated rings. The van der Waals surface area contributed by atoms with Crippen molar-refractivity contribution in [3.8, 4) is 0 Å². The number of rotatable bonds is 28. The van der Waals surface area contributed by atoms with Crippen LogP contribution in [0.1, 0.15) is 25.7 Å². The lowest BCUT2D eigenvalue weighted by Gasteiger charge is -2.22. The first-order chi connectivity index (χ1) is 33.9. The van der Waals surface area contributed by atoms with Gasteiger partial charge in [0.15, 0.2) is 24.8 Å². The summed E-state index contributed by atoms with van der Waals surface area (Å²) in [6.07, 6.45) is 16.0. The van der Waals surface area contributed by atoms with E-state index in [0.29, 0.717) is 39.3 Å². The molecule has 0 aliphatic rings. The molecule has 3 aromatic carbocycles. The van der Waals surface area contributed by atoms with Crippen molar-refractivity contribution in [3.05, 3.63) is 146 Å². The highest BCUT2D eigenvalue weighted by Crippen LogP contribution is 2.25. The van der Waals surface area contributed by atoms with Gasteiger partial charge >= 0.3 is 0 Å². The van der Waals surface area contributed by atoms with Crippen LogP contribution in [-0.4, -0.2) is 115 Å². The second-order valence-electron chi connectivity index (χ2n) is 15.7. The van der Waals surface area contributed by atoms with Crippen LogP contribution < -0.4 is 23.8 Å². The van der Waals surface area contributed by atoms with E-state index in [-0.39, 0.29) is 39.6 Å². The summed E-state index contributed by atoms with van der Waals surface area (Å²) in [4.78, 5) is 9.67. The molecule has 0 aliphatic heterocycles. The first-order valence-corrected chi connectivity index (χ1v) is 23.3. The van der Waals surface area contributed by atoms with Gasteiger partial charge in [0.05, 0.1) is 73.8 Å². The monoisotopic (exact) mass is 943 g/mol. The number of aliphatic hydroxyl groups excluding tert-OH is 6. The molecule has 6 rings (SSSR count). The van der Waals surface area contributed by atoms with Crippen molar-refractivity contribution in [1.29, 1.82) is 0 Å². The van der Waals surface area contributed by atoms with Crippen LogP contribution in [0.3, 0.4) is 0 Å². The van der Waals surface area contributed by atoms with E-state index in [2.05, 4.69) is 44.8 Å². The minimum atomic E-state index is 0.0282. The highest BCUT2D eigenvalue weighted by molar-refractivity contribution is 5.55. The molecule has 0 atom stereocenters. The third kappa shape index (κ3) is 19.3. The van der Waals surface area contributed by atoms with Gasteiger partial charge in [-0.2, -0.15) is 30.7 Å². The van der Waals surface area contributed by atoms with Crippen molar-refractivity contribution in [3.63, 3.8) is 0 Å². The van der Waals surface area contributed by atoms with Gasteiger partial charge in [-0.25, -0.2) is 9.13 Å². The van der Waals surface area contributed by atoms with Crippen LogP contribution in [0.25, 0.3) is 0 Å². The zero-order valence-electron chi connectivity index (χ0n) is 39.1. The van der Waals surface area contributed by atoms with Gasteiger partial charge in [0, 0.05) is 106 Å². The molecule has 6 N–H and O–H groups in total. The van der Waals surface area contributed by atoms with Gasteiger partial charge in [-0.1, -0.05) is 0 Å². The first-order valence-electron chi connectivity index (χ1n) is 23.3. The molecule has 0 saturated carbocycles. The molecule has 0 saturated heterocycles. The van der Waals surface area contributed by atoms with Gasteiger partial charge in [0.2, 0.25) is 0 Å². The van der Waals surface area contributed by atoms with E-state index in [4.69, 9.17) is 10.2 Å². The zero-order chi connectivity index (χ0) is 48.7. The summed E-state index contributed by atoms with van der Waals surface area (Å²) in [5, 5.41) is 80.6. The Morgan fingerprint density at radius 1 is 0.319 bits per heavy atom. The topological polar surface area (TPSA) is 226 Å². The predicted molar refractivity (Wildman–Crippen MR) is 267 cm³/mol. The molecule has 18 nitrogen and oxygen atoms in total. The second kappa shape index (κ2) is 31.2. The van der Waals surface area contributed by atoms with E-state index < -0.39 is 0 Å². The minimum Gasteiger partial charge on any atom is -0.395 e. The van der Waals surface area contributed by atoms with Crippen molar-refractivity contribution in [2.75, 3.05) is 93.6 Å². The van der Waals surface area contributed by atoms with Gasteiger partial charge in [-0.05, 0) is 97.8 Å². The molecule has 18 heteroatoms. The number of hydrogen-bond donors (Lipinski definition) is 6. The van der Waals surface area contributed by atoms with Crippen LogP contribution in [0.5, 0.6) is 0 Å². The number of pyridine rings is 3. The Kier molecular flexibility index (Phi) is 24.0. The van der Waals surface area contributed by atoms with Crippen molar-refractivity contribution in [1.82, 2.24) is 4.98 Å². The number of anilines is 3. The average Bonchev–Trinajstić information content (AvgIpc) is 3.39. The number of aryl methyl sites for hydroxylation is 2. The van der Waals surface area contributed by atoms with Gasteiger partial charge in [0.1, 0.15) is 13.1 Å². The molecular formula is C51H66N12O6+2. The van der Waals surface area contributed by atoms with Crippen molar-refractivity contribution < 1.29 is 39.8 Å². The summed E-state index contributed by atoms with van der Waals surface area (Å²) < 4.78 is 4.34. The standard InChI is InChI=1S/C36H48N8O4.C15H18N4O2/c45-27-23-43(24-28-46)35-9-5-31(6-10-35)37-39-33-13-19-41(20-14-33)17-3-1-2-4-18-42-21-15-34(16-22-42)40-38-32-7-11-36(12-8-32)44(25-29-47)26-30-48;20-11-9-19(10-12-21)15-3-1-13(2-4-15)17-18-14-5-7-16-8-6-14/h5-16,19-22,45-48H,1-4,17-18,23-30H2;1-8,20-21H,9-12H2/q+2;. The normalized spacial score (nSPS) is 11.3. The van der Waals surface area contributed by atoms with Gasteiger partial charge in [-0.3, -0.25) is 4.98 Å². The van der Waals surface area contributed by atoms with Gasteiger partial charge in [0.25, 0.3) is 0 Å². The zero-order valence-corrected chi connectivity index (χ0v) is 39.1. The quantitative estimate of drug-likeness (QED) is 0.0164. The number of nitrogens with zero attached hydrogens (tertiary/aromatic N) is 12. The largest absolute Gasteiger partial charge is 0.395 e. The summed E-state index contributed by atoms with van der Waals surface area (Å²) in [5.74, 6) is 0. The smallest absolute Gasteiger partial charge is 0.171 e. The fourth-order valence-corrected chi connectivity index (χ4v) is 7.05. The van der Waals surface area contributed by atoms with E-state index in [1.807, 2.05) is 137 Å². The molecule has 364 valence electrons. The maximum atomic E-state index is 9.23. The average molecular weight is 943 g/mol. The maximum Gasteiger partial charge on any atom is 0.171 e. The molecule has 0 unspecified atom stereocenters. The summed E-state index contributed by atoms with van der Waals surface area (Å²) in [7, 11) is 0. The van der Waals surface area contributed by atoms with Gasteiger partial charge in [-0.15, -0.1) is 0 Å². The molecule has 0 aliphatic carbocycles. The molecule has 0 amide bonds. The fraction of sp³-hybridized carbons (Fsp3) is 0.353. The van der Waals surface area contributed by atoms with Crippen molar-refractivity contribution in [2.45, 2.75) is 38.8 Å². The Hall–Kier alpha value is -6.93.